The monoisotopic (exact) mass is 346 g/mol. The van der Waals surface area contributed by atoms with Crippen LogP contribution in [-0.2, 0) is 4.79 Å². The van der Waals surface area contributed by atoms with Crippen LogP contribution in [0.5, 0.6) is 0 Å². The highest BCUT2D eigenvalue weighted by molar-refractivity contribution is 7.99. The predicted octanol–water partition coefficient (Wildman–Crippen LogP) is 3.19. The number of rotatable bonds is 6. The number of likely N-dealkylation sites (tertiary alicyclic amines) is 1. The van der Waals surface area contributed by atoms with Crippen LogP contribution in [0.2, 0.25) is 0 Å². The third-order valence-electron chi connectivity index (χ3n) is 3.86. The van der Waals surface area contributed by atoms with E-state index in [4.69, 9.17) is 0 Å². The zero-order valence-corrected chi connectivity index (χ0v) is 14.5. The van der Waals surface area contributed by atoms with Gasteiger partial charge in [0.05, 0.1) is 0 Å². The first-order valence-corrected chi connectivity index (χ1v) is 8.48. The second-order valence-electron chi connectivity index (χ2n) is 5.43. The summed E-state index contributed by atoms with van der Waals surface area (Å²) in [6.45, 7) is 2.81. The largest absolute Gasteiger partial charge is 0.343 e. The van der Waals surface area contributed by atoms with Crippen molar-refractivity contribution in [1.29, 1.82) is 0 Å². The lowest BCUT2D eigenvalue weighted by atomic mass is 9.97. The van der Waals surface area contributed by atoms with Gasteiger partial charge in [-0.15, -0.1) is 24.2 Å². The van der Waals surface area contributed by atoms with Gasteiger partial charge in [0.15, 0.2) is 0 Å². The molecule has 1 fully saturated rings. The molecule has 2 rings (SSSR count). The molecule has 1 heterocycles. The first-order chi connectivity index (χ1) is 10.2. The number of amides is 1. The normalized spacial score (nSPS) is 15.5. The summed E-state index contributed by atoms with van der Waals surface area (Å²) in [4.78, 5) is 15.1. The Balaban J connectivity index is 0.00000242. The van der Waals surface area contributed by atoms with Crippen molar-refractivity contribution in [2.75, 3.05) is 32.4 Å². The summed E-state index contributed by atoms with van der Waals surface area (Å²) in [5.74, 6) is 1.47. The number of hydrogen-bond acceptors (Lipinski definition) is 3. The van der Waals surface area contributed by atoms with Gasteiger partial charge in [-0.2, -0.15) is 0 Å². The van der Waals surface area contributed by atoms with E-state index in [1.807, 2.05) is 11.9 Å². The molecular weight excluding hydrogens is 323 g/mol. The number of hydrogen-bond donors (Lipinski definition) is 1. The summed E-state index contributed by atoms with van der Waals surface area (Å²) in [6, 6.07) is 6.43. The number of halogens is 2. The van der Waals surface area contributed by atoms with Crippen LogP contribution in [0.1, 0.15) is 19.3 Å². The maximum Gasteiger partial charge on any atom is 0.223 e. The second-order valence-corrected chi connectivity index (χ2v) is 6.60. The van der Waals surface area contributed by atoms with E-state index in [1.54, 1.807) is 23.9 Å². The van der Waals surface area contributed by atoms with Crippen molar-refractivity contribution in [1.82, 2.24) is 10.2 Å². The number of benzene rings is 1. The highest BCUT2D eigenvalue weighted by Crippen LogP contribution is 2.21. The molecule has 1 aromatic carbocycles. The third-order valence-corrected chi connectivity index (χ3v) is 4.87. The van der Waals surface area contributed by atoms with E-state index in [1.165, 1.54) is 12.1 Å². The van der Waals surface area contributed by atoms with Gasteiger partial charge in [-0.3, -0.25) is 4.79 Å². The maximum absolute atomic E-state index is 12.8. The van der Waals surface area contributed by atoms with Gasteiger partial charge in [-0.25, -0.2) is 4.39 Å². The van der Waals surface area contributed by atoms with Crippen LogP contribution < -0.4 is 5.32 Å². The van der Waals surface area contributed by atoms with Crippen LogP contribution in [0, 0.1) is 11.7 Å². The van der Waals surface area contributed by atoms with Crippen molar-refractivity contribution in [2.45, 2.75) is 24.2 Å². The molecule has 0 aromatic heterocycles. The minimum Gasteiger partial charge on any atom is -0.343 e. The van der Waals surface area contributed by atoms with E-state index in [0.29, 0.717) is 12.3 Å². The minimum atomic E-state index is -0.222. The fourth-order valence-electron chi connectivity index (χ4n) is 2.62. The zero-order valence-electron chi connectivity index (χ0n) is 12.9. The molecule has 0 saturated carbocycles. The van der Waals surface area contributed by atoms with Crippen LogP contribution in [-0.4, -0.2) is 43.2 Å². The van der Waals surface area contributed by atoms with Gasteiger partial charge in [0.1, 0.15) is 5.82 Å². The molecule has 1 aliphatic rings. The zero-order chi connectivity index (χ0) is 15.1. The number of carbonyl (C=O) groups excluding carboxylic acids is 1. The van der Waals surface area contributed by atoms with Crippen molar-refractivity contribution in [2.24, 2.45) is 5.92 Å². The summed E-state index contributed by atoms with van der Waals surface area (Å²) < 4.78 is 12.8. The Hall–Kier alpha value is -0.780. The lowest BCUT2D eigenvalue weighted by Crippen LogP contribution is -2.40. The van der Waals surface area contributed by atoms with Crippen LogP contribution in [0.4, 0.5) is 4.39 Å². The summed E-state index contributed by atoms with van der Waals surface area (Å²) >= 11 is 1.61. The smallest absolute Gasteiger partial charge is 0.223 e. The molecule has 124 valence electrons. The average molecular weight is 347 g/mol. The number of carbonyl (C=O) groups is 1. The molecule has 6 heteroatoms. The molecule has 0 spiro atoms. The number of nitrogens with one attached hydrogen (secondary N) is 1. The van der Waals surface area contributed by atoms with Gasteiger partial charge in [0.25, 0.3) is 0 Å². The van der Waals surface area contributed by atoms with Crippen LogP contribution in [0.15, 0.2) is 29.2 Å². The van der Waals surface area contributed by atoms with Crippen LogP contribution in [0.25, 0.3) is 0 Å². The van der Waals surface area contributed by atoms with Gasteiger partial charge in [0, 0.05) is 30.2 Å². The molecule has 1 amide bonds. The Labute approximate surface area is 142 Å². The Morgan fingerprint density at radius 1 is 1.32 bits per heavy atom. The minimum absolute atomic E-state index is 0. The fraction of sp³-hybridized carbons (Fsp3) is 0.562. The number of piperidine rings is 1. The van der Waals surface area contributed by atoms with Gasteiger partial charge < -0.3 is 10.2 Å². The summed E-state index contributed by atoms with van der Waals surface area (Å²) in [6.07, 6.45) is 2.74. The highest BCUT2D eigenvalue weighted by atomic mass is 35.5. The van der Waals surface area contributed by atoms with Crippen LogP contribution >= 0.6 is 24.2 Å². The number of thioether (sulfide) groups is 1. The maximum atomic E-state index is 12.8. The lowest BCUT2D eigenvalue weighted by Gasteiger charge is -2.32. The summed E-state index contributed by atoms with van der Waals surface area (Å²) in [7, 11) is 1.98. The fourth-order valence-corrected chi connectivity index (χ4v) is 3.46. The van der Waals surface area contributed by atoms with E-state index in [-0.39, 0.29) is 24.1 Å². The molecule has 1 saturated heterocycles. The van der Waals surface area contributed by atoms with Crippen LogP contribution in [0.3, 0.4) is 0 Å². The first kappa shape index (κ1) is 19.3. The molecule has 3 nitrogen and oxygen atoms in total. The predicted molar refractivity (Wildman–Crippen MR) is 92.2 cm³/mol. The molecule has 0 aliphatic carbocycles. The average Bonchev–Trinajstić information content (AvgIpc) is 2.50. The van der Waals surface area contributed by atoms with Gasteiger partial charge in [-0.1, -0.05) is 0 Å². The van der Waals surface area contributed by atoms with Crippen molar-refractivity contribution < 1.29 is 9.18 Å². The van der Waals surface area contributed by atoms with E-state index in [9.17, 15) is 9.18 Å². The third kappa shape index (κ3) is 6.15. The molecule has 1 N–H and O–H groups in total. The first-order valence-electron chi connectivity index (χ1n) is 7.50. The van der Waals surface area contributed by atoms with Gasteiger partial charge in [0.2, 0.25) is 5.91 Å². The molecule has 1 aromatic rings. The molecular formula is C16H24ClFN2OS. The van der Waals surface area contributed by atoms with Crippen molar-refractivity contribution in [3.05, 3.63) is 30.1 Å². The Morgan fingerprint density at radius 2 is 1.95 bits per heavy atom. The van der Waals surface area contributed by atoms with E-state index in [0.717, 1.165) is 43.1 Å². The molecule has 0 radical (unpaired) electrons. The molecule has 22 heavy (non-hydrogen) atoms. The van der Waals surface area contributed by atoms with Crippen molar-refractivity contribution in [3.8, 4) is 0 Å². The van der Waals surface area contributed by atoms with Gasteiger partial charge in [-0.05, 0) is 56.6 Å². The van der Waals surface area contributed by atoms with Gasteiger partial charge >= 0.3 is 0 Å². The Kier molecular flexibility index (Phi) is 8.83. The van der Waals surface area contributed by atoms with Crippen molar-refractivity contribution >= 4 is 30.1 Å². The second kappa shape index (κ2) is 10.1. The molecule has 0 atom stereocenters. The quantitative estimate of drug-likeness (QED) is 0.803. The van der Waals surface area contributed by atoms with E-state index < -0.39 is 0 Å². The van der Waals surface area contributed by atoms with Crippen molar-refractivity contribution in [3.63, 3.8) is 0 Å². The topological polar surface area (TPSA) is 32.3 Å². The van der Waals surface area contributed by atoms with E-state index in [2.05, 4.69) is 5.32 Å². The number of nitrogens with zero attached hydrogens (tertiary/aromatic N) is 1. The Bertz CT molecular complexity index is 450. The summed E-state index contributed by atoms with van der Waals surface area (Å²) in [5, 5.41) is 3.20. The Morgan fingerprint density at radius 3 is 2.55 bits per heavy atom. The molecule has 0 unspecified atom stereocenters. The summed E-state index contributed by atoms with van der Waals surface area (Å²) in [5.41, 5.74) is 0. The molecule has 0 bridgehead atoms. The lowest BCUT2D eigenvalue weighted by molar-refractivity contribution is -0.132. The molecule has 1 aliphatic heterocycles. The van der Waals surface area contributed by atoms with E-state index >= 15 is 0 Å². The highest BCUT2D eigenvalue weighted by Gasteiger charge is 2.21. The SMILES string of the molecule is CNCC1CCN(C(=O)CCSc2ccc(F)cc2)CC1.Cl. The standard InChI is InChI=1S/C16H23FN2OS.ClH/c1-18-12-13-6-9-19(10-7-13)16(20)8-11-21-15-4-2-14(17)3-5-15;/h2-5,13,18H,6-12H2,1H3;1H.